The molecule has 2 saturated heterocycles. The summed E-state index contributed by atoms with van der Waals surface area (Å²) < 4.78 is 15.4. The Morgan fingerprint density at radius 1 is 1.35 bits per heavy atom. The normalized spacial score (nSPS) is 30.0. The van der Waals surface area contributed by atoms with Gasteiger partial charge < -0.3 is 19.1 Å². The maximum absolute atomic E-state index is 12.2. The lowest BCUT2D eigenvalue weighted by atomic mass is 9.83. The summed E-state index contributed by atoms with van der Waals surface area (Å²) in [6.07, 6.45) is 1.49. The molecule has 23 heavy (non-hydrogen) atoms. The number of fused-ring (bicyclic) bond motifs is 1. The lowest BCUT2D eigenvalue weighted by Crippen LogP contribution is -2.33. The van der Waals surface area contributed by atoms with Crippen molar-refractivity contribution in [3.8, 4) is 0 Å². The van der Waals surface area contributed by atoms with Gasteiger partial charge in [0, 0.05) is 24.0 Å². The number of esters is 2. The van der Waals surface area contributed by atoms with Crippen LogP contribution in [0.2, 0.25) is 0 Å². The van der Waals surface area contributed by atoms with Crippen LogP contribution in [0.1, 0.15) is 27.2 Å². The average Bonchev–Trinajstić information content (AvgIpc) is 3.07. The van der Waals surface area contributed by atoms with Crippen molar-refractivity contribution in [1.82, 2.24) is 4.90 Å². The van der Waals surface area contributed by atoms with Crippen LogP contribution in [0, 0.1) is 11.8 Å². The smallest absolute Gasteiger partial charge is 0.410 e. The van der Waals surface area contributed by atoms with Crippen molar-refractivity contribution in [3.05, 3.63) is 11.6 Å². The van der Waals surface area contributed by atoms with Crippen molar-refractivity contribution in [2.24, 2.45) is 11.8 Å². The first-order chi connectivity index (χ1) is 10.8. The highest BCUT2D eigenvalue weighted by Crippen LogP contribution is 2.41. The topological polar surface area (TPSA) is 82.1 Å². The van der Waals surface area contributed by atoms with E-state index in [1.165, 1.54) is 0 Å². The van der Waals surface area contributed by atoms with Gasteiger partial charge in [-0.15, -0.1) is 0 Å². The van der Waals surface area contributed by atoms with Gasteiger partial charge in [0.15, 0.2) is 0 Å². The molecule has 3 aliphatic rings. The standard InChI is InChI=1S/C16H21NO6/c1-16(2,3)23-13(18)6-10-11(9-4-5-21-14(9)19)7-17-12(10)8-22-15(17)20/h4,10-12H,5-8H2,1-3H3/t10-,11?,12+/m0/s1. The number of carbonyl (C=O) groups excluding carboxylic acids is 3. The monoisotopic (exact) mass is 323 g/mol. The maximum atomic E-state index is 12.2. The Labute approximate surface area is 134 Å². The lowest BCUT2D eigenvalue weighted by molar-refractivity contribution is -0.156. The van der Waals surface area contributed by atoms with Crippen LogP contribution in [0.15, 0.2) is 11.6 Å². The number of nitrogens with zero attached hydrogens (tertiary/aromatic N) is 1. The van der Waals surface area contributed by atoms with Crippen molar-refractivity contribution >= 4 is 18.0 Å². The van der Waals surface area contributed by atoms with Crippen LogP contribution in [0.4, 0.5) is 4.79 Å². The van der Waals surface area contributed by atoms with E-state index in [0.717, 1.165) is 0 Å². The molecule has 0 aliphatic carbocycles. The van der Waals surface area contributed by atoms with Crippen LogP contribution < -0.4 is 0 Å². The molecule has 1 amide bonds. The van der Waals surface area contributed by atoms with Gasteiger partial charge in [-0.3, -0.25) is 4.79 Å². The molecule has 3 atom stereocenters. The SMILES string of the molecule is CC(C)(C)OC(=O)C[C@H]1C(C2=CCOC2=O)CN2C(=O)OC[C@H]12. The van der Waals surface area contributed by atoms with Gasteiger partial charge in [0.05, 0.1) is 12.5 Å². The minimum Gasteiger partial charge on any atom is -0.460 e. The van der Waals surface area contributed by atoms with Crippen molar-refractivity contribution in [2.75, 3.05) is 19.8 Å². The highest BCUT2D eigenvalue weighted by atomic mass is 16.6. The van der Waals surface area contributed by atoms with Crippen molar-refractivity contribution in [3.63, 3.8) is 0 Å². The predicted molar refractivity (Wildman–Crippen MR) is 78.3 cm³/mol. The second kappa shape index (κ2) is 5.54. The molecule has 0 aromatic carbocycles. The van der Waals surface area contributed by atoms with Crippen molar-refractivity contribution < 1.29 is 28.6 Å². The van der Waals surface area contributed by atoms with Gasteiger partial charge in [0.1, 0.15) is 18.8 Å². The fourth-order valence-electron chi connectivity index (χ4n) is 3.50. The third-order valence-electron chi connectivity index (χ3n) is 4.39. The molecule has 7 heteroatoms. The van der Waals surface area contributed by atoms with Gasteiger partial charge in [0.25, 0.3) is 0 Å². The summed E-state index contributed by atoms with van der Waals surface area (Å²) in [5.74, 6) is -1.11. The zero-order valence-electron chi connectivity index (χ0n) is 13.5. The van der Waals surface area contributed by atoms with E-state index in [2.05, 4.69) is 0 Å². The van der Waals surface area contributed by atoms with E-state index < -0.39 is 11.7 Å². The van der Waals surface area contributed by atoms with E-state index in [-0.39, 0.29) is 49.5 Å². The Morgan fingerprint density at radius 3 is 2.70 bits per heavy atom. The summed E-state index contributed by atoms with van der Waals surface area (Å²) in [6.45, 7) is 6.29. The zero-order valence-corrected chi connectivity index (χ0v) is 13.5. The molecular formula is C16H21NO6. The first kappa shape index (κ1) is 15.8. The number of ether oxygens (including phenoxy) is 3. The number of hydrogen-bond acceptors (Lipinski definition) is 6. The molecular weight excluding hydrogens is 302 g/mol. The summed E-state index contributed by atoms with van der Waals surface area (Å²) in [4.78, 5) is 37.5. The number of cyclic esters (lactones) is 2. The number of rotatable bonds is 3. The predicted octanol–water partition coefficient (Wildman–Crippen LogP) is 1.27. The molecule has 0 N–H and O–H groups in total. The molecule has 0 aromatic rings. The Morgan fingerprint density at radius 2 is 2.09 bits per heavy atom. The first-order valence-electron chi connectivity index (χ1n) is 7.78. The minimum atomic E-state index is -0.571. The van der Waals surface area contributed by atoms with E-state index in [9.17, 15) is 14.4 Å². The van der Waals surface area contributed by atoms with Crippen LogP contribution in [0.25, 0.3) is 0 Å². The Kier molecular flexibility index (Phi) is 3.82. The highest BCUT2D eigenvalue weighted by molar-refractivity contribution is 5.91. The Hall–Kier alpha value is -2.05. The number of hydrogen-bond donors (Lipinski definition) is 0. The Balaban J connectivity index is 1.79. The summed E-state index contributed by atoms with van der Waals surface area (Å²) in [5, 5.41) is 0. The molecule has 2 fully saturated rings. The van der Waals surface area contributed by atoms with E-state index in [0.29, 0.717) is 12.1 Å². The van der Waals surface area contributed by atoms with E-state index >= 15 is 0 Å². The fraction of sp³-hybridized carbons (Fsp3) is 0.688. The lowest BCUT2D eigenvalue weighted by Gasteiger charge is -2.24. The van der Waals surface area contributed by atoms with Crippen molar-refractivity contribution in [1.29, 1.82) is 0 Å². The highest BCUT2D eigenvalue weighted by Gasteiger charge is 2.52. The van der Waals surface area contributed by atoms with Gasteiger partial charge in [-0.25, -0.2) is 9.59 Å². The summed E-state index contributed by atoms with van der Waals surface area (Å²) in [5.41, 5.74) is -0.0148. The van der Waals surface area contributed by atoms with Gasteiger partial charge >= 0.3 is 18.0 Å². The van der Waals surface area contributed by atoms with Crippen LogP contribution in [-0.4, -0.2) is 54.3 Å². The van der Waals surface area contributed by atoms with Crippen LogP contribution in [-0.2, 0) is 23.8 Å². The van der Waals surface area contributed by atoms with Crippen LogP contribution in [0.5, 0.6) is 0 Å². The van der Waals surface area contributed by atoms with E-state index in [1.807, 2.05) is 20.8 Å². The largest absolute Gasteiger partial charge is 0.460 e. The molecule has 7 nitrogen and oxygen atoms in total. The van der Waals surface area contributed by atoms with E-state index in [4.69, 9.17) is 14.2 Å². The Bertz CT molecular complexity index is 576. The molecule has 0 saturated carbocycles. The molecule has 0 aromatic heterocycles. The third-order valence-corrected chi connectivity index (χ3v) is 4.39. The molecule has 0 spiro atoms. The van der Waals surface area contributed by atoms with E-state index in [1.54, 1.807) is 11.0 Å². The second-order valence-electron chi connectivity index (χ2n) is 7.12. The summed E-state index contributed by atoms with van der Waals surface area (Å²) in [7, 11) is 0. The van der Waals surface area contributed by atoms with Gasteiger partial charge in [-0.2, -0.15) is 0 Å². The summed E-state index contributed by atoms with van der Waals surface area (Å²) in [6, 6.07) is -0.200. The summed E-state index contributed by atoms with van der Waals surface area (Å²) >= 11 is 0. The third kappa shape index (κ3) is 3.04. The molecule has 0 bridgehead atoms. The molecule has 3 heterocycles. The first-order valence-corrected chi connectivity index (χ1v) is 7.78. The number of amides is 1. The molecule has 126 valence electrons. The minimum absolute atomic E-state index is 0.143. The van der Waals surface area contributed by atoms with Crippen LogP contribution >= 0.6 is 0 Å². The molecule has 1 unspecified atom stereocenters. The molecule has 0 radical (unpaired) electrons. The fourth-order valence-corrected chi connectivity index (χ4v) is 3.50. The molecule has 3 rings (SSSR count). The van der Waals surface area contributed by atoms with Crippen molar-refractivity contribution in [2.45, 2.75) is 38.8 Å². The second-order valence-corrected chi connectivity index (χ2v) is 7.12. The zero-order chi connectivity index (χ0) is 16.8. The van der Waals surface area contributed by atoms with Gasteiger partial charge in [0.2, 0.25) is 0 Å². The molecule has 3 aliphatic heterocycles. The van der Waals surface area contributed by atoms with Crippen LogP contribution in [0.3, 0.4) is 0 Å². The quantitative estimate of drug-likeness (QED) is 0.574. The number of carbonyl (C=O) groups is 3. The maximum Gasteiger partial charge on any atom is 0.410 e. The average molecular weight is 323 g/mol. The van der Waals surface area contributed by atoms with Gasteiger partial charge in [-0.1, -0.05) is 0 Å². The van der Waals surface area contributed by atoms with Gasteiger partial charge in [-0.05, 0) is 26.8 Å².